The van der Waals surface area contributed by atoms with Crippen LogP contribution in [0.4, 0.5) is 5.69 Å². The lowest BCUT2D eigenvalue weighted by Gasteiger charge is -2.26. The molecule has 0 spiro atoms. The summed E-state index contributed by atoms with van der Waals surface area (Å²) in [5.74, 6) is 2.32. The van der Waals surface area contributed by atoms with Crippen molar-refractivity contribution in [1.82, 2.24) is 9.88 Å². The fraction of sp³-hybridized carbons (Fsp3) is 0.300. The molecule has 0 unspecified atom stereocenters. The maximum absolute atomic E-state index is 12.8. The Bertz CT molecular complexity index is 914. The number of thiazole rings is 1. The first-order chi connectivity index (χ1) is 13.2. The van der Waals surface area contributed by atoms with Crippen LogP contribution in [-0.2, 0) is 6.54 Å². The van der Waals surface area contributed by atoms with Gasteiger partial charge in [0.2, 0.25) is 0 Å². The number of thiophene rings is 1. The Balaban J connectivity index is 1.46. The van der Waals surface area contributed by atoms with Crippen LogP contribution in [0.3, 0.4) is 0 Å². The standard InChI is InChI=1S/C20H21N3OS3/c1-14-18(27-20(21-14)17-6-3-9-26-17)19(24)22-16-5-2-4-15(12-16)13-23-7-10-25-11-8-23/h2-6,9,12H,7-8,10-11,13H2,1H3,(H,22,24). The number of rotatable bonds is 5. The molecule has 1 aliphatic rings. The smallest absolute Gasteiger partial charge is 0.267 e. The molecule has 0 radical (unpaired) electrons. The molecule has 7 heteroatoms. The van der Waals surface area contributed by atoms with Crippen molar-refractivity contribution in [3.8, 4) is 9.88 Å². The van der Waals surface area contributed by atoms with Gasteiger partial charge in [-0.1, -0.05) is 18.2 Å². The van der Waals surface area contributed by atoms with Gasteiger partial charge in [-0.2, -0.15) is 11.8 Å². The molecule has 3 heterocycles. The lowest BCUT2D eigenvalue weighted by atomic mass is 10.2. The highest BCUT2D eigenvalue weighted by atomic mass is 32.2. The van der Waals surface area contributed by atoms with Gasteiger partial charge in [0.05, 0.1) is 10.6 Å². The third-order valence-electron chi connectivity index (χ3n) is 4.43. The molecule has 2 aromatic heterocycles. The Morgan fingerprint density at radius 3 is 2.85 bits per heavy atom. The van der Waals surface area contributed by atoms with Gasteiger partial charge in [0.1, 0.15) is 9.88 Å². The first-order valence-electron chi connectivity index (χ1n) is 8.91. The van der Waals surface area contributed by atoms with Crippen molar-refractivity contribution in [3.63, 3.8) is 0 Å². The van der Waals surface area contributed by atoms with E-state index >= 15 is 0 Å². The number of carbonyl (C=O) groups excluding carboxylic acids is 1. The Hall–Kier alpha value is -1.67. The molecule has 1 N–H and O–H groups in total. The molecule has 0 saturated carbocycles. The molecule has 0 aliphatic carbocycles. The van der Waals surface area contributed by atoms with E-state index < -0.39 is 0 Å². The van der Waals surface area contributed by atoms with Gasteiger partial charge in [0, 0.05) is 36.8 Å². The SMILES string of the molecule is Cc1nc(-c2cccs2)sc1C(=O)Nc1cccc(CN2CCSCC2)c1. The second-order valence-electron chi connectivity index (χ2n) is 6.45. The molecule has 1 amide bonds. The summed E-state index contributed by atoms with van der Waals surface area (Å²) in [6.45, 7) is 5.10. The number of hydrogen-bond acceptors (Lipinski definition) is 6. The number of hydrogen-bond donors (Lipinski definition) is 1. The van der Waals surface area contributed by atoms with E-state index in [4.69, 9.17) is 0 Å². The van der Waals surface area contributed by atoms with Crippen LogP contribution in [0.1, 0.15) is 20.9 Å². The normalized spacial score (nSPS) is 15.0. The molecule has 0 atom stereocenters. The number of aromatic nitrogens is 1. The number of anilines is 1. The van der Waals surface area contributed by atoms with Crippen molar-refractivity contribution in [2.45, 2.75) is 13.5 Å². The van der Waals surface area contributed by atoms with Crippen molar-refractivity contribution in [2.75, 3.05) is 29.9 Å². The van der Waals surface area contributed by atoms with Crippen molar-refractivity contribution in [1.29, 1.82) is 0 Å². The lowest BCUT2D eigenvalue weighted by Crippen LogP contribution is -2.31. The third-order valence-corrected chi connectivity index (χ3v) is 7.57. The quantitative estimate of drug-likeness (QED) is 0.638. The van der Waals surface area contributed by atoms with Gasteiger partial charge in [-0.25, -0.2) is 4.98 Å². The average molecular weight is 416 g/mol. The van der Waals surface area contributed by atoms with Gasteiger partial charge >= 0.3 is 0 Å². The highest BCUT2D eigenvalue weighted by Gasteiger charge is 2.17. The van der Waals surface area contributed by atoms with Crippen molar-refractivity contribution >= 4 is 46.0 Å². The van der Waals surface area contributed by atoms with Gasteiger partial charge in [-0.05, 0) is 36.1 Å². The molecule has 1 aromatic carbocycles. The third kappa shape index (κ3) is 4.60. The van der Waals surface area contributed by atoms with E-state index in [1.807, 2.05) is 48.3 Å². The predicted octanol–water partition coefficient (Wildman–Crippen LogP) is 4.98. The molecule has 3 aromatic rings. The number of nitrogens with one attached hydrogen (secondary N) is 1. The van der Waals surface area contributed by atoms with Gasteiger partial charge < -0.3 is 5.32 Å². The molecule has 4 nitrogen and oxygen atoms in total. The van der Waals surface area contributed by atoms with E-state index in [1.165, 1.54) is 28.4 Å². The first kappa shape index (κ1) is 18.7. The minimum atomic E-state index is -0.0840. The minimum Gasteiger partial charge on any atom is -0.321 e. The van der Waals surface area contributed by atoms with Gasteiger partial charge in [0.15, 0.2) is 0 Å². The molecule has 1 aliphatic heterocycles. The second-order valence-corrected chi connectivity index (χ2v) is 9.63. The summed E-state index contributed by atoms with van der Waals surface area (Å²) in [6.07, 6.45) is 0. The number of amides is 1. The van der Waals surface area contributed by atoms with Crippen molar-refractivity contribution < 1.29 is 4.79 Å². The lowest BCUT2D eigenvalue weighted by molar-refractivity contribution is 0.103. The molecule has 4 rings (SSSR count). The molecule has 1 fully saturated rings. The zero-order chi connectivity index (χ0) is 18.6. The highest BCUT2D eigenvalue weighted by Crippen LogP contribution is 2.31. The maximum Gasteiger partial charge on any atom is 0.267 e. The predicted molar refractivity (Wildman–Crippen MR) is 117 cm³/mol. The average Bonchev–Trinajstić information content (AvgIpc) is 3.32. The van der Waals surface area contributed by atoms with Crippen LogP contribution in [0.25, 0.3) is 9.88 Å². The van der Waals surface area contributed by atoms with E-state index in [1.54, 1.807) is 11.3 Å². The van der Waals surface area contributed by atoms with Crippen LogP contribution >= 0.6 is 34.4 Å². The Morgan fingerprint density at radius 2 is 2.07 bits per heavy atom. The number of thioether (sulfide) groups is 1. The van der Waals surface area contributed by atoms with Crippen molar-refractivity contribution in [3.05, 3.63) is 57.9 Å². The zero-order valence-electron chi connectivity index (χ0n) is 15.1. The van der Waals surface area contributed by atoms with E-state index in [-0.39, 0.29) is 5.91 Å². The largest absolute Gasteiger partial charge is 0.321 e. The number of carbonyl (C=O) groups is 1. The number of nitrogens with zero attached hydrogens (tertiary/aromatic N) is 2. The Kier molecular flexibility index (Phi) is 5.92. The Morgan fingerprint density at radius 1 is 1.22 bits per heavy atom. The van der Waals surface area contributed by atoms with Crippen LogP contribution in [0.15, 0.2) is 41.8 Å². The molecular weight excluding hydrogens is 394 g/mol. The number of benzene rings is 1. The van der Waals surface area contributed by atoms with Crippen LogP contribution in [-0.4, -0.2) is 40.4 Å². The summed E-state index contributed by atoms with van der Waals surface area (Å²) in [5.41, 5.74) is 2.86. The van der Waals surface area contributed by atoms with Crippen LogP contribution in [0.2, 0.25) is 0 Å². The summed E-state index contributed by atoms with van der Waals surface area (Å²) in [6, 6.07) is 12.2. The summed E-state index contributed by atoms with van der Waals surface area (Å²) < 4.78 is 0. The van der Waals surface area contributed by atoms with Crippen LogP contribution in [0, 0.1) is 6.92 Å². The second kappa shape index (κ2) is 8.56. The van der Waals surface area contributed by atoms with Crippen LogP contribution < -0.4 is 5.32 Å². The van der Waals surface area contributed by atoms with E-state index in [0.29, 0.717) is 4.88 Å². The monoisotopic (exact) mass is 415 g/mol. The minimum absolute atomic E-state index is 0.0840. The van der Waals surface area contributed by atoms with Crippen molar-refractivity contribution in [2.24, 2.45) is 0 Å². The number of aryl methyl sites for hydroxylation is 1. The van der Waals surface area contributed by atoms with Gasteiger partial charge in [-0.3, -0.25) is 9.69 Å². The zero-order valence-corrected chi connectivity index (χ0v) is 17.6. The van der Waals surface area contributed by atoms with E-state index in [0.717, 1.165) is 40.9 Å². The summed E-state index contributed by atoms with van der Waals surface area (Å²) in [4.78, 5) is 21.6. The molecule has 27 heavy (non-hydrogen) atoms. The first-order valence-corrected chi connectivity index (χ1v) is 11.8. The molecule has 1 saturated heterocycles. The Labute approximate surface area is 171 Å². The van der Waals surface area contributed by atoms with E-state index in [9.17, 15) is 4.79 Å². The van der Waals surface area contributed by atoms with Gasteiger partial charge in [0.25, 0.3) is 5.91 Å². The molecule has 0 bridgehead atoms. The topological polar surface area (TPSA) is 45.2 Å². The maximum atomic E-state index is 12.8. The molecular formula is C20H21N3OS3. The molecule has 140 valence electrons. The highest BCUT2D eigenvalue weighted by molar-refractivity contribution is 7.99. The van der Waals surface area contributed by atoms with E-state index in [2.05, 4.69) is 27.3 Å². The summed E-state index contributed by atoms with van der Waals surface area (Å²) in [5, 5.41) is 5.98. The summed E-state index contributed by atoms with van der Waals surface area (Å²) in [7, 11) is 0. The van der Waals surface area contributed by atoms with Gasteiger partial charge in [-0.15, -0.1) is 22.7 Å². The van der Waals surface area contributed by atoms with Crippen LogP contribution in [0.5, 0.6) is 0 Å². The fourth-order valence-electron chi connectivity index (χ4n) is 3.07. The fourth-order valence-corrected chi connectivity index (χ4v) is 5.80. The summed E-state index contributed by atoms with van der Waals surface area (Å²) >= 11 is 5.11.